The zero-order chi connectivity index (χ0) is 14.8. The van der Waals surface area contributed by atoms with E-state index in [1.165, 1.54) is 0 Å². The minimum absolute atomic E-state index is 0.149. The van der Waals surface area contributed by atoms with Gasteiger partial charge in [0.1, 0.15) is 6.61 Å². The Morgan fingerprint density at radius 3 is 2.76 bits per heavy atom. The second-order valence-corrected chi connectivity index (χ2v) is 6.73. The zero-order valence-corrected chi connectivity index (χ0v) is 13.0. The first-order chi connectivity index (χ1) is 10.1. The Hall–Kier alpha value is -1.56. The molecule has 2 amide bonds. The molecule has 0 aliphatic carbocycles. The van der Waals surface area contributed by atoms with E-state index in [-0.39, 0.29) is 24.1 Å². The number of piperidine rings is 1. The molecule has 0 aromatic carbocycles. The lowest BCUT2D eigenvalue weighted by Crippen LogP contribution is -2.49. The van der Waals surface area contributed by atoms with E-state index in [1.54, 1.807) is 11.3 Å². The fraction of sp³-hybridized carbons (Fsp3) is 0.600. The van der Waals surface area contributed by atoms with Crippen molar-refractivity contribution in [3.63, 3.8) is 0 Å². The third-order valence-corrected chi connectivity index (χ3v) is 5.13. The fourth-order valence-corrected chi connectivity index (χ4v) is 3.80. The average molecular weight is 308 g/mol. The molecule has 1 atom stereocenters. The Morgan fingerprint density at radius 2 is 2.19 bits per heavy atom. The van der Waals surface area contributed by atoms with Gasteiger partial charge in [0, 0.05) is 24.0 Å². The van der Waals surface area contributed by atoms with Crippen molar-refractivity contribution in [1.82, 2.24) is 9.80 Å². The van der Waals surface area contributed by atoms with E-state index in [0.29, 0.717) is 13.0 Å². The van der Waals surface area contributed by atoms with Gasteiger partial charge in [-0.1, -0.05) is 6.07 Å². The van der Waals surface area contributed by atoms with Gasteiger partial charge in [0.05, 0.1) is 12.5 Å². The normalized spacial score (nSPS) is 23.5. The summed E-state index contributed by atoms with van der Waals surface area (Å²) >= 11 is 1.62. The molecular weight excluding hydrogens is 288 g/mol. The standard InChI is InChI=1S/C15H20N2O3S/c1-11-10-20-15(19)17(11)12-4-6-16(7-5-12)14(18)9-13-3-2-8-21-13/h2-3,8,11-12H,4-7,9-10H2,1H3. The van der Waals surface area contributed by atoms with Gasteiger partial charge in [-0.25, -0.2) is 4.79 Å². The maximum atomic E-state index is 12.2. The van der Waals surface area contributed by atoms with Crippen LogP contribution >= 0.6 is 11.3 Å². The molecule has 114 valence electrons. The Kier molecular flexibility index (Phi) is 4.14. The van der Waals surface area contributed by atoms with Gasteiger partial charge in [-0.3, -0.25) is 9.69 Å². The number of nitrogens with zero attached hydrogens (tertiary/aromatic N) is 2. The van der Waals surface area contributed by atoms with E-state index in [1.807, 2.05) is 34.2 Å². The van der Waals surface area contributed by atoms with Crippen molar-refractivity contribution in [1.29, 1.82) is 0 Å². The lowest BCUT2D eigenvalue weighted by molar-refractivity contribution is -0.131. The lowest BCUT2D eigenvalue weighted by Gasteiger charge is -2.37. The molecule has 2 aliphatic heterocycles. The predicted octanol–water partition coefficient (Wildman–Crippen LogP) is 2.12. The van der Waals surface area contributed by atoms with Crippen LogP contribution in [0.4, 0.5) is 4.79 Å². The summed E-state index contributed by atoms with van der Waals surface area (Å²) in [6, 6.07) is 4.33. The van der Waals surface area contributed by atoms with Gasteiger partial charge in [0.2, 0.25) is 5.91 Å². The summed E-state index contributed by atoms with van der Waals surface area (Å²) in [7, 11) is 0. The van der Waals surface area contributed by atoms with E-state index in [0.717, 1.165) is 30.8 Å². The molecule has 0 radical (unpaired) electrons. The number of amides is 2. The molecule has 2 aliphatic rings. The molecule has 0 spiro atoms. The molecule has 21 heavy (non-hydrogen) atoms. The number of rotatable bonds is 3. The van der Waals surface area contributed by atoms with Crippen molar-refractivity contribution in [2.75, 3.05) is 19.7 Å². The van der Waals surface area contributed by atoms with Crippen LogP contribution in [0.15, 0.2) is 17.5 Å². The molecule has 0 bridgehead atoms. The van der Waals surface area contributed by atoms with Gasteiger partial charge in [0.15, 0.2) is 0 Å². The Balaban J connectivity index is 1.53. The molecule has 1 aromatic rings. The van der Waals surface area contributed by atoms with Gasteiger partial charge in [0.25, 0.3) is 0 Å². The van der Waals surface area contributed by atoms with Crippen LogP contribution in [-0.4, -0.2) is 53.6 Å². The predicted molar refractivity (Wildman–Crippen MR) is 80.3 cm³/mol. The summed E-state index contributed by atoms with van der Waals surface area (Å²) in [6.45, 7) is 3.95. The van der Waals surface area contributed by atoms with Crippen LogP contribution < -0.4 is 0 Å². The number of hydrogen-bond donors (Lipinski definition) is 0. The second kappa shape index (κ2) is 6.05. The van der Waals surface area contributed by atoms with E-state index in [4.69, 9.17) is 4.74 Å². The van der Waals surface area contributed by atoms with Crippen LogP contribution in [0.1, 0.15) is 24.6 Å². The van der Waals surface area contributed by atoms with Crippen LogP contribution in [0.5, 0.6) is 0 Å². The van der Waals surface area contributed by atoms with Gasteiger partial charge >= 0.3 is 6.09 Å². The van der Waals surface area contributed by atoms with Crippen molar-refractivity contribution in [2.24, 2.45) is 0 Å². The van der Waals surface area contributed by atoms with Crippen LogP contribution in [0, 0.1) is 0 Å². The molecule has 2 fully saturated rings. The Labute approximate surface area is 128 Å². The molecule has 3 heterocycles. The average Bonchev–Trinajstić information content (AvgIpc) is 3.09. The van der Waals surface area contributed by atoms with Gasteiger partial charge in [-0.15, -0.1) is 11.3 Å². The molecule has 3 rings (SSSR count). The first-order valence-electron chi connectivity index (χ1n) is 7.40. The van der Waals surface area contributed by atoms with E-state index < -0.39 is 0 Å². The highest BCUT2D eigenvalue weighted by Gasteiger charge is 2.37. The summed E-state index contributed by atoms with van der Waals surface area (Å²) in [6.07, 6.45) is 1.97. The molecule has 2 saturated heterocycles. The number of cyclic esters (lactones) is 1. The lowest BCUT2D eigenvalue weighted by atomic mass is 10.0. The first-order valence-corrected chi connectivity index (χ1v) is 8.28. The summed E-state index contributed by atoms with van der Waals surface area (Å²) < 4.78 is 5.08. The third-order valence-electron chi connectivity index (χ3n) is 4.25. The summed E-state index contributed by atoms with van der Waals surface area (Å²) in [5.74, 6) is 0.188. The number of likely N-dealkylation sites (tertiary alicyclic amines) is 1. The van der Waals surface area contributed by atoms with Crippen molar-refractivity contribution in [3.05, 3.63) is 22.4 Å². The van der Waals surface area contributed by atoms with Crippen LogP contribution in [0.3, 0.4) is 0 Å². The second-order valence-electron chi connectivity index (χ2n) is 5.70. The van der Waals surface area contributed by atoms with Crippen LogP contribution in [-0.2, 0) is 16.0 Å². The van der Waals surface area contributed by atoms with Gasteiger partial charge in [-0.05, 0) is 31.2 Å². The zero-order valence-electron chi connectivity index (χ0n) is 12.2. The van der Waals surface area contributed by atoms with E-state index in [2.05, 4.69) is 0 Å². The third kappa shape index (κ3) is 3.05. The molecule has 6 heteroatoms. The van der Waals surface area contributed by atoms with Crippen molar-refractivity contribution >= 4 is 23.3 Å². The number of carbonyl (C=O) groups is 2. The monoisotopic (exact) mass is 308 g/mol. The Bertz CT molecular complexity index is 509. The van der Waals surface area contributed by atoms with Gasteiger partial charge < -0.3 is 9.64 Å². The summed E-state index contributed by atoms with van der Waals surface area (Å²) in [5.41, 5.74) is 0. The topological polar surface area (TPSA) is 49.9 Å². The molecule has 1 unspecified atom stereocenters. The maximum absolute atomic E-state index is 12.2. The van der Waals surface area contributed by atoms with E-state index in [9.17, 15) is 9.59 Å². The van der Waals surface area contributed by atoms with Crippen molar-refractivity contribution in [3.8, 4) is 0 Å². The summed E-state index contributed by atoms with van der Waals surface area (Å²) in [5, 5.41) is 2.00. The smallest absolute Gasteiger partial charge is 0.410 e. The number of thiophene rings is 1. The van der Waals surface area contributed by atoms with Crippen LogP contribution in [0.25, 0.3) is 0 Å². The fourth-order valence-electron chi connectivity index (χ4n) is 3.10. The molecule has 1 aromatic heterocycles. The number of ether oxygens (including phenoxy) is 1. The highest BCUT2D eigenvalue weighted by molar-refractivity contribution is 7.10. The minimum atomic E-state index is -0.203. The maximum Gasteiger partial charge on any atom is 0.410 e. The SMILES string of the molecule is CC1COC(=O)N1C1CCN(C(=O)Cc2cccs2)CC1. The first kappa shape index (κ1) is 14.4. The highest BCUT2D eigenvalue weighted by atomic mass is 32.1. The Morgan fingerprint density at radius 1 is 1.43 bits per heavy atom. The number of carbonyl (C=O) groups excluding carboxylic acids is 2. The van der Waals surface area contributed by atoms with Crippen molar-refractivity contribution < 1.29 is 14.3 Å². The highest BCUT2D eigenvalue weighted by Crippen LogP contribution is 2.24. The van der Waals surface area contributed by atoms with Crippen LogP contribution in [0.2, 0.25) is 0 Å². The molecule has 5 nitrogen and oxygen atoms in total. The minimum Gasteiger partial charge on any atom is -0.447 e. The molecule has 0 saturated carbocycles. The molecule has 0 N–H and O–H groups in total. The quantitative estimate of drug-likeness (QED) is 0.859. The largest absolute Gasteiger partial charge is 0.447 e. The van der Waals surface area contributed by atoms with Gasteiger partial charge in [-0.2, -0.15) is 0 Å². The molecular formula is C15H20N2O3S. The van der Waals surface area contributed by atoms with Crippen molar-refractivity contribution in [2.45, 2.75) is 38.3 Å². The summed E-state index contributed by atoms with van der Waals surface area (Å²) in [4.78, 5) is 28.9. The number of hydrogen-bond acceptors (Lipinski definition) is 4. The van der Waals surface area contributed by atoms with E-state index >= 15 is 0 Å².